The molecular formula is C7H12N2O. The number of rotatable bonds is 3. The van der Waals surface area contributed by atoms with Gasteiger partial charge >= 0.3 is 0 Å². The highest BCUT2D eigenvalue weighted by Crippen LogP contribution is 2.03. The highest BCUT2D eigenvalue weighted by atomic mass is 16.5. The van der Waals surface area contributed by atoms with Crippen molar-refractivity contribution in [3.8, 4) is 0 Å². The Hall–Kier alpha value is -0.830. The van der Waals surface area contributed by atoms with E-state index in [9.17, 15) is 0 Å². The van der Waals surface area contributed by atoms with Crippen LogP contribution in [0.4, 0.5) is 0 Å². The zero-order valence-electron chi connectivity index (χ0n) is 6.13. The molecule has 0 fully saturated rings. The molecule has 1 aromatic heterocycles. The van der Waals surface area contributed by atoms with Crippen molar-refractivity contribution in [1.82, 2.24) is 5.16 Å². The lowest BCUT2D eigenvalue weighted by Crippen LogP contribution is -1.99. The molecular weight excluding hydrogens is 128 g/mol. The van der Waals surface area contributed by atoms with E-state index in [1.807, 2.05) is 13.0 Å². The van der Waals surface area contributed by atoms with Crippen molar-refractivity contribution in [3.63, 3.8) is 0 Å². The van der Waals surface area contributed by atoms with Gasteiger partial charge in [-0.2, -0.15) is 0 Å². The van der Waals surface area contributed by atoms with Crippen molar-refractivity contribution in [2.45, 2.75) is 19.8 Å². The number of aromatic nitrogens is 1. The molecule has 3 nitrogen and oxygen atoms in total. The number of hydrogen-bond donors (Lipinski definition) is 1. The summed E-state index contributed by atoms with van der Waals surface area (Å²) in [7, 11) is 0. The predicted octanol–water partition coefficient (Wildman–Crippen LogP) is 0.874. The van der Waals surface area contributed by atoms with Gasteiger partial charge in [0.25, 0.3) is 0 Å². The maximum Gasteiger partial charge on any atom is 0.137 e. The Morgan fingerprint density at radius 1 is 1.70 bits per heavy atom. The second-order valence-corrected chi connectivity index (χ2v) is 2.33. The van der Waals surface area contributed by atoms with Gasteiger partial charge in [-0.1, -0.05) is 5.16 Å². The monoisotopic (exact) mass is 140 g/mol. The first-order valence-corrected chi connectivity index (χ1v) is 3.45. The van der Waals surface area contributed by atoms with Crippen LogP contribution in [-0.2, 0) is 6.42 Å². The molecule has 0 aliphatic heterocycles. The van der Waals surface area contributed by atoms with Crippen LogP contribution in [0.5, 0.6) is 0 Å². The molecule has 0 aliphatic carbocycles. The molecule has 3 heteroatoms. The van der Waals surface area contributed by atoms with E-state index < -0.39 is 0 Å². The predicted molar refractivity (Wildman–Crippen MR) is 38.6 cm³/mol. The summed E-state index contributed by atoms with van der Waals surface area (Å²) in [4.78, 5) is 0. The number of nitrogens with two attached hydrogens (primary N) is 1. The summed E-state index contributed by atoms with van der Waals surface area (Å²) in [5.74, 6) is 0.933. The fourth-order valence-electron chi connectivity index (χ4n) is 0.810. The SMILES string of the molecule is Cc1cc(CCCN)on1. The molecule has 2 N–H and O–H groups in total. The Kier molecular flexibility index (Phi) is 2.45. The van der Waals surface area contributed by atoms with E-state index in [-0.39, 0.29) is 0 Å². The van der Waals surface area contributed by atoms with E-state index in [4.69, 9.17) is 10.3 Å². The van der Waals surface area contributed by atoms with Gasteiger partial charge in [-0.05, 0) is 19.9 Å². The number of hydrogen-bond acceptors (Lipinski definition) is 3. The normalized spacial score (nSPS) is 10.2. The standard InChI is InChI=1S/C7H12N2O/c1-6-5-7(10-9-6)3-2-4-8/h5H,2-4,8H2,1H3. The lowest BCUT2D eigenvalue weighted by molar-refractivity contribution is 0.377. The zero-order chi connectivity index (χ0) is 7.40. The summed E-state index contributed by atoms with van der Waals surface area (Å²) < 4.78 is 4.96. The second kappa shape index (κ2) is 3.37. The van der Waals surface area contributed by atoms with Crippen molar-refractivity contribution >= 4 is 0 Å². The van der Waals surface area contributed by atoms with Gasteiger partial charge < -0.3 is 10.3 Å². The molecule has 0 amide bonds. The molecule has 1 heterocycles. The fraction of sp³-hybridized carbons (Fsp3) is 0.571. The molecule has 0 saturated heterocycles. The van der Waals surface area contributed by atoms with Crippen molar-refractivity contribution in [2.24, 2.45) is 5.73 Å². The minimum Gasteiger partial charge on any atom is -0.361 e. The summed E-state index contributed by atoms with van der Waals surface area (Å²) in [6.45, 7) is 2.62. The van der Waals surface area contributed by atoms with Crippen LogP contribution in [0.3, 0.4) is 0 Å². The molecule has 0 spiro atoms. The van der Waals surface area contributed by atoms with Gasteiger partial charge in [-0.3, -0.25) is 0 Å². The molecule has 0 unspecified atom stereocenters. The summed E-state index contributed by atoms with van der Waals surface area (Å²) >= 11 is 0. The molecule has 0 atom stereocenters. The van der Waals surface area contributed by atoms with Crippen LogP contribution in [0.2, 0.25) is 0 Å². The maximum absolute atomic E-state index is 5.32. The molecule has 0 saturated carbocycles. The molecule has 1 aromatic rings. The largest absolute Gasteiger partial charge is 0.361 e. The van der Waals surface area contributed by atoms with Crippen LogP contribution in [0, 0.1) is 6.92 Å². The van der Waals surface area contributed by atoms with Crippen molar-refractivity contribution in [2.75, 3.05) is 6.54 Å². The van der Waals surface area contributed by atoms with Crippen LogP contribution in [0.15, 0.2) is 10.6 Å². The molecule has 0 radical (unpaired) electrons. The minimum atomic E-state index is 0.708. The Labute approximate surface area is 60.2 Å². The van der Waals surface area contributed by atoms with Gasteiger partial charge in [0.15, 0.2) is 0 Å². The first kappa shape index (κ1) is 7.28. The van der Waals surface area contributed by atoms with E-state index in [1.165, 1.54) is 0 Å². The van der Waals surface area contributed by atoms with E-state index in [2.05, 4.69) is 5.16 Å². The van der Waals surface area contributed by atoms with Crippen molar-refractivity contribution < 1.29 is 4.52 Å². The highest BCUT2D eigenvalue weighted by molar-refractivity contribution is 5.02. The van der Waals surface area contributed by atoms with Gasteiger partial charge in [-0.15, -0.1) is 0 Å². The van der Waals surface area contributed by atoms with Gasteiger partial charge in [0.2, 0.25) is 0 Å². The minimum absolute atomic E-state index is 0.708. The molecule has 56 valence electrons. The van der Waals surface area contributed by atoms with Gasteiger partial charge in [0, 0.05) is 12.5 Å². The van der Waals surface area contributed by atoms with Gasteiger partial charge in [0.1, 0.15) is 5.76 Å². The lowest BCUT2D eigenvalue weighted by atomic mass is 10.2. The topological polar surface area (TPSA) is 52.0 Å². The third-order valence-corrected chi connectivity index (χ3v) is 1.30. The Morgan fingerprint density at radius 3 is 3.00 bits per heavy atom. The van der Waals surface area contributed by atoms with E-state index in [0.29, 0.717) is 6.54 Å². The van der Waals surface area contributed by atoms with Gasteiger partial charge in [0.05, 0.1) is 5.69 Å². The Bertz CT molecular complexity index is 195. The first-order chi connectivity index (χ1) is 4.83. The Morgan fingerprint density at radius 2 is 2.50 bits per heavy atom. The zero-order valence-corrected chi connectivity index (χ0v) is 6.13. The fourth-order valence-corrected chi connectivity index (χ4v) is 0.810. The summed E-state index contributed by atoms with van der Waals surface area (Å²) in [5, 5.41) is 3.75. The molecule has 0 bridgehead atoms. The summed E-state index contributed by atoms with van der Waals surface area (Å²) in [6.07, 6.45) is 1.87. The average molecular weight is 140 g/mol. The first-order valence-electron chi connectivity index (χ1n) is 3.45. The van der Waals surface area contributed by atoms with Crippen LogP contribution in [0.25, 0.3) is 0 Å². The van der Waals surface area contributed by atoms with Crippen molar-refractivity contribution in [1.29, 1.82) is 0 Å². The summed E-state index contributed by atoms with van der Waals surface area (Å²) in [6, 6.07) is 1.94. The van der Waals surface area contributed by atoms with E-state index in [0.717, 1.165) is 24.3 Å². The van der Waals surface area contributed by atoms with E-state index in [1.54, 1.807) is 0 Å². The quantitative estimate of drug-likeness (QED) is 0.677. The van der Waals surface area contributed by atoms with Crippen LogP contribution >= 0.6 is 0 Å². The second-order valence-electron chi connectivity index (χ2n) is 2.33. The molecule has 0 aliphatic rings. The lowest BCUT2D eigenvalue weighted by Gasteiger charge is -1.88. The highest BCUT2D eigenvalue weighted by Gasteiger charge is 1.97. The summed E-state index contributed by atoms with van der Waals surface area (Å²) in [5.41, 5.74) is 6.26. The molecule has 1 rings (SSSR count). The van der Waals surface area contributed by atoms with Gasteiger partial charge in [-0.25, -0.2) is 0 Å². The van der Waals surface area contributed by atoms with Crippen LogP contribution in [0.1, 0.15) is 17.9 Å². The maximum atomic E-state index is 5.32. The van der Waals surface area contributed by atoms with Crippen LogP contribution < -0.4 is 5.73 Å². The smallest absolute Gasteiger partial charge is 0.137 e. The number of nitrogens with zero attached hydrogens (tertiary/aromatic N) is 1. The average Bonchev–Trinajstić information content (AvgIpc) is 2.31. The third kappa shape index (κ3) is 1.84. The molecule has 0 aromatic carbocycles. The Balaban J connectivity index is 2.42. The van der Waals surface area contributed by atoms with Crippen molar-refractivity contribution in [3.05, 3.63) is 17.5 Å². The third-order valence-electron chi connectivity index (χ3n) is 1.30. The number of aryl methyl sites for hydroxylation is 2. The van der Waals surface area contributed by atoms with Crippen LogP contribution in [-0.4, -0.2) is 11.7 Å². The van der Waals surface area contributed by atoms with E-state index >= 15 is 0 Å². The molecule has 10 heavy (non-hydrogen) atoms.